The number of ether oxygens (including phenoxy) is 2. The molecule has 36 heavy (non-hydrogen) atoms. The number of nitrogens with zero attached hydrogens (tertiary/aromatic N) is 2. The average Bonchev–Trinajstić information content (AvgIpc) is 3.29. The number of pyridine rings is 1. The minimum atomic E-state index is -0.730. The molecular formula is C28H28ClN3O4. The summed E-state index contributed by atoms with van der Waals surface area (Å²) in [5.74, 6) is -1.01. The van der Waals surface area contributed by atoms with E-state index in [2.05, 4.69) is 46.4 Å². The molecule has 1 aliphatic carbocycles. The van der Waals surface area contributed by atoms with Crippen molar-refractivity contribution < 1.29 is 19.4 Å². The fourth-order valence-electron chi connectivity index (χ4n) is 4.64. The van der Waals surface area contributed by atoms with E-state index < -0.39 is 5.97 Å². The summed E-state index contributed by atoms with van der Waals surface area (Å²) >= 11 is 6.58. The third-order valence-electron chi connectivity index (χ3n) is 6.93. The topological polar surface area (TPSA) is 97.3 Å². The first-order valence-electron chi connectivity index (χ1n) is 12.1. The van der Waals surface area contributed by atoms with E-state index in [9.17, 15) is 9.90 Å². The van der Waals surface area contributed by atoms with Crippen LogP contribution in [-0.4, -0.2) is 39.2 Å². The summed E-state index contributed by atoms with van der Waals surface area (Å²) in [5, 5.41) is 9.70. The third kappa shape index (κ3) is 5.08. The van der Waals surface area contributed by atoms with Crippen LogP contribution in [0.2, 0.25) is 5.02 Å². The van der Waals surface area contributed by atoms with Crippen molar-refractivity contribution in [2.24, 2.45) is 5.92 Å². The number of carbonyl (C=O) groups is 1. The van der Waals surface area contributed by atoms with Crippen molar-refractivity contribution in [3.63, 3.8) is 0 Å². The SMILES string of the molecule is COC(C)c1ccc(-c2ccc(-c3nc4nc(OC5CCC(C(=O)O)CC5)[nH]c4cc3Cl)cc2)cc1. The predicted molar refractivity (Wildman–Crippen MR) is 139 cm³/mol. The Kier molecular flexibility index (Phi) is 6.94. The molecule has 1 unspecified atom stereocenters. The van der Waals surface area contributed by atoms with Gasteiger partial charge in [0.15, 0.2) is 5.65 Å². The fourth-order valence-corrected chi connectivity index (χ4v) is 4.90. The van der Waals surface area contributed by atoms with Gasteiger partial charge in [-0.05, 0) is 55.4 Å². The number of fused-ring (bicyclic) bond motifs is 1. The molecule has 0 spiro atoms. The van der Waals surface area contributed by atoms with Crippen LogP contribution in [0.15, 0.2) is 54.6 Å². The average molecular weight is 506 g/mol. The van der Waals surface area contributed by atoms with Crippen LogP contribution in [0.25, 0.3) is 33.5 Å². The summed E-state index contributed by atoms with van der Waals surface area (Å²) in [7, 11) is 1.71. The number of methoxy groups -OCH3 is 1. The fraction of sp³-hybridized carbons (Fsp3) is 0.321. The van der Waals surface area contributed by atoms with Crippen LogP contribution in [0.3, 0.4) is 0 Å². The highest BCUT2D eigenvalue weighted by Crippen LogP contribution is 2.32. The molecule has 1 saturated carbocycles. The summed E-state index contributed by atoms with van der Waals surface area (Å²) in [6.45, 7) is 2.03. The molecule has 4 aromatic rings. The Morgan fingerprint density at radius 1 is 1.00 bits per heavy atom. The van der Waals surface area contributed by atoms with Crippen molar-refractivity contribution in [2.45, 2.75) is 44.8 Å². The van der Waals surface area contributed by atoms with Gasteiger partial charge in [0.1, 0.15) is 6.10 Å². The lowest BCUT2D eigenvalue weighted by Gasteiger charge is -2.25. The van der Waals surface area contributed by atoms with E-state index in [0.29, 0.717) is 53.6 Å². The van der Waals surface area contributed by atoms with Gasteiger partial charge in [0, 0.05) is 12.7 Å². The number of aromatic amines is 1. The number of benzene rings is 2. The Hall–Kier alpha value is -3.42. The number of H-pyrrole nitrogens is 1. The van der Waals surface area contributed by atoms with Gasteiger partial charge in [-0.25, -0.2) is 4.98 Å². The van der Waals surface area contributed by atoms with Crippen molar-refractivity contribution in [3.05, 3.63) is 65.2 Å². The van der Waals surface area contributed by atoms with Gasteiger partial charge in [-0.3, -0.25) is 4.79 Å². The van der Waals surface area contributed by atoms with Crippen LogP contribution in [0.4, 0.5) is 0 Å². The van der Waals surface area contributed by atoms with Crippen LogP contribution in [0, 0.1) is 5.92 Å². The molecular weight excluding hydrogens is 478 g/mol. The number of carboxylic acids is 1. The number of aliphatic carboxylic acids is 1. The summed E-state index contributed by atoms with van der Waals surface area (Å²) < 4.78 is 11.4. The van der Waals surface area contributed by atoms with E-state index in [4.69, 9.17) is 26.1 Å². The number of imidazole rings is 1. The Balaban J connectivity index is 1.32. The number of halogens is 1. The lowest BCUT2D eigenvalue weighted by Crippen LogP contribution is -2.28. The first-order valence-corrected chi connectivity index (χ1v) is 12.5. The number of nitrogens with one attached hydrogen (secondary N) is 1. The third-order valence-corrected chi connectivity index (χ3v) is 7.22. The standard InChI is InChI=1S/C28H28ClN3O4/c1-16(35-2)17-3-5-18(6-4-17)19-7-9-20(10-8-19)25-23(29)15-24-26(31-25)32-28(30-24)36-22-13-11-21(12-14-22)27(33)34/h3-10,15-16,21-22H,11-14H2,1-2H3,(H,33,34)(H,30,31,32). The maximum Gasteiger partial charge on any atom is 0.306 e. The minimum absolute atomic E-state index is 0.0597. The molecule has 5 rings (SSSR count). The predicted octanol–water partition coefficient (Wildman–Crippen LogP) is 6.67. The normalized spacial score (nSPS) is 18.8. The van der Waals surface area contributed by atoms with Gasteiger partial charge in [0.25, 0.3) is 6.01 Å². The van der Waals surface area contributed by atoms with Gasteiger partial charge in [-0.2, -0.15) is 4.98 Å². The highest BCUT2D eigenvalue weighted by atomic mass is 35.5. The lowest BCUT2D eigenvalue weighted by molar-refractivity contribution is -0.143. The van der Waals surface area contributed by atoms with Crippen molar-refractivity contribution in [1.29, 1.82) is 0 Å². The van der Waals surface area contributed by atoms with Gasteiger partial charge in [-0.1, -0.05) is 60.1 Å². The molecule has 2 heterocycles. The van der Waals surface area contributed by atoms with Crippen LogP contribution in [0.5, 0.6) is 6.01 Å². The van der Waals surface area contributed by atoms with E-state index in [1.807, 2.05) is 25.1 Å². The Morgan fingerprint density at radius 2 is 1.61 bits per heavy atom. The van der Waals surface area contributed by atoms with Gasteiger partial charge >= 0.3 is 5.97 Å². The molecule has 7 nitrogen and oxygen atoms in total. The van der Waals surface area contributed by atoms with E-state index >= 15 is 0 Å². The Bertz CT molecular complexity index is 1360. The molecule has 0 bridgehead atoms. The number of rotatable bonds is 7. The molecule has 0 saturated heterocycles. The monoisotopic (exact) mass is 505 g/mol. The zero-order valence-corrected chi connectivity index (χ0v) is 21.0. The second-order valence-corrected chi connectivity index (χ2v) is 9.65. The number of hydrogen-bond acceptors (Lipinski definition) is 5. The van der Waals surface area contributed by atoms with E-state index in [0.717, 1.165) is 22.3 Å². The quantitative estimate of drug-likeness (QED) is 0.291. The van der Waals surface area contributed by atoms with E-state index in [1.165, 1.54) is 0 Å². The van der Waals surface area contributed by atoms with Crippen LogP contribution in [-0.2, 0) is 9.53 Å². The summed E-state index contributed by atoms with van der Waals surface area (Å²) in [6.07, 6.45) is 2.60. The number of aromatic nitrogens is 3. The lowest BCUT2D eigenvalue weighted by atomic mass is 9.87. The molecule has 8 heteroatoms. The van der Waals surface area contributed by atoms with Gasteiger partial charge in [0.05, 0.1) is 28.3 Å². The van der Waals surface area contributed by atoms with Crippen molar-refractivity contribution >= 4 is 28.7 Å². The second-order valence-electron chi connectivity index (χ2n) is 9.24. The highest BCUT2D eigenvalue weighted by molar-refractivity contribution is 6.33. The Labute approximate surface area is 214 Å². The molecule has 1 aliphatic rings. The second kappa shape index (κ2) is 10.3. The van der Waals surface area contributed by atoms with E-state index in [-0.39, 0.29) is 18.1 Å². The largest absolute Gasteiger partial charge is 0.481 e. The first kappa shape index (κ1) is 24.3. The zero-order valence-electron chi connectivity index (χ0n) is 20.2. The first-order chi connectivity index (χ1) is 17.4. The molecule has 2 N–H and O–H groups in total. The van der Waals surface area contributed by atoms with Crippen molar-refractivity contribution in [1.82, 2.24) is 15.0 Å². The molecule has 2 aromatic heterocycles. The molecule has 0 radical (unpaired) electrons. The van der Waals surface area contributed by atoms with Crippen LogP contribution in [0.1, 0.15) is 44.3 Å². The van der Waals surface area contributed by atoms with Crippen LogP contribution < -0.4 is 4.74 Å². The summed E-state index contributed by atoms with van der Waals surface area (Å²) in [6, 6.07) is 18.7. The van der Waals surface area contributed by atoms with Crippen LogP contribution >= 0.6 is 11.6 Å². The number of hydrogen-bond donors (Lipinski definition) is 2. The molecule has 0 amide bonds. The molecule has 2 aromatic carbocycles. The summed E-state index contributed by atoms with van der Waals surface area (Å²) in [4.78, 5) is 23.5. The van der Waals surface area contributed by atoms with Crippen molar-refractivity contribution in [3.8, 4) is 28.4 Å². The maximum atomic E-state index is 11.2. The molecule has 1 atom stereocenters. The Morgan fingerprint density at radius 3 is 2.22 bits per heavy atom. The van der Waals surface area contributed by atoms with Crippen molar-refractivity contribution in [2.75, 3.05) is 7.11 Å². The minimum Gasteiger partial charge on any atom is -0.481 e. The van der Waals surface area contributed by atoms with E-state index in [1.54, 1.807) is 7.11 Å². The highest BCUT2D eigenvalue weighted by Gasteiger charge is 2.27. The number of carboxylic acid groups (broad SMARTS) is 1. The maximum absolute atomic E-state index is 11.2. The molecule has 186 valence electrons. The van der Waals surface area contributed by atoms with Gasteiger partial charge < -0.3 is 19.6 Å². The molecule has 1 fully saturated rings. The summed E-state index contributed by atoms with van der Waals surface area (Å²) in [5.41, 5.74) is 6.12. The van der Waals surface area contributed by atoms with Gasteiger partial charge in [0.2, 0.25) is 0 Å². The zero-order chi connectivity index (χ0) is 25.2. The van der Waals surface area contributed by atoms with Gasteiger partial charge in [-0.15, -0.1) is 0 Å². The molecule has 0 aliphatic heterocycles. The smallest absolute Gasteiger partial charge is 0.306 e.